The van der Waals surface area contributed by atoms with Gasteiger partial charge >= 0.3 is 12.0 Å². The summed E-state index contributed by atoms with van der Waals surface area (Å²) in [4.78, 5) is 37.5. The van der Waals surface area contributed by atoms with Gasteiger partial charge in [-0.15, -0.1) is 11.3 Å². The van der Waals surface area contributed by atoms with E-state index in [0.29, 0.717) is 45.8 Å². The van der Waals surface area contributed by atoms with Crippen LogP contribution in [0, 0.1) is 11.6 Å². The van der Waals surface area contributed by atoms with Crippen molar-refractivity contribution in [3.05, 3.63) is 83.1 Å². The van der Waals surface area contributed by atoms with Crippen LogP contribution in [0.1, 0.15) is 50.7 Å². The van der Waals surface area contributed by atoms with Crippen LogP contribution in [0.2, 0.25) is 0 Å². The number of carbonyl (C=O) groups is 2. The normalized spacial score (nSPS) is 16.5. The van der Waals surface area contributed by atoms with Crippen LogP contribution in [-0.4, -0.2) is 80.6 Å². The van der Waals surface area contributed by atoms with Gasteiger partial charge in [-0.05, 0) is 57.4 Å². The fourth-order valence-corrected chi connectivity index (χ4v) is 7.91. The zero-order chi connectivity index (χ0) is 39.4. The second-order valence-corrected chi connectivity index (χ2v) is 15.2. The lowest BCUT2D eigenvalue weighted by atomic mass is 9.95. The molecular weight excluding hydrogens is 741 g/mol. The first-order valence-electron chi connectivity index (χ1n) is 17.5. The number of benzene rings is 1. The highest BCUT2D eigenvalue weighted by Gasteiger charge is 2.44. The number of thiophene rings is 1. The molecule has 2 aliphatic heterocycles. The Labute approximate surface area is 318 Å². The minimum atomic E-state index is -3.46. The predicted octanol–water partition coefficient (Wildman–Crippen LogP) is 8.12. The van der Waals surface area contributed by atoms with Crippen LogP contribution >= 0.6 is 11.3 Å². The Hall–Kier alpha value is -5.35. The summed E-state index contributed by atoms with van der Waals surface area (Å²) in [6.07, 6.45) is 1.66. The van der Waals surface area contributed by atoms with Gasteiger partial charge in [-0.1, -0.05) is 6.58 Å². The van der Waals surface area contributed by atoms with E-state index in [2.05, 4.69) is 11.6 Å². The first-order chi connectivity index (χ1) is 26.1. The molecule has 1 unspecified atom stereocenters. The number of pyridine rings is 2. The number of rotatable bonds is 8. The van der Waals surface area contributed by atoms with E-state index in [9.17, 15) is 14.0 Å². The van der Waals surface area contributed by atoms with Gasteiger partial charge in [-0.2, -0.15) is 13.9 Å². The molecule has 55 heavy (non-hydrogen) atoms. The maximum absolute atomic E-state index is 16.2. The molecular formula is C39H38F4N6O5S. The topological polar surface area (TPSA) is 112 Å². The van der Waals surface area contributed by atoms with Gasteiger partial charge in [0, 0.05) is 58.8 Å². The molecule has 5 aromatic rings. The lowest BCUT2D eigenvalue weighted by Crippen LogP contribution is -2.46. The van der Waals surface area contributed by atoms with E-state index < -0.39 is 47.5 Å². The Bertz CT molecular complexity index is 2340. The second-order valence-electron chi connectivity index (χ2n) is 14.3. The quantitative estimate of drug-likeness (QED) is 0.0883. The number of halogens is 4. The largest absolute Gasteiger partial charge is 0.490 e. The van der Waals surface area contributed by atoms with E-state index in [1.807, 2.05) is 6.92 Å². The van der Waals surface area contributed by atoms with Gasteiger partial charge in [0.15, 0.2) is 0 Å². The Morgan fingerprint density at radius 1 is 1.09 bits per heavy atom. The molecule has 0 N–H and O–H groups in total. The van der Waals surface area contributed by atoms with Crippen molar-refractivity contribution >= 4 is 33.4 Å². The Morgan fingerprint density at radius 2 is 1.87 bits per heavy atom. The number of aromatic nitrogens is 4. The van der Waals surface area contributed by atoms with E-state index in [1.54, 1.807) is 47.9 Å². The molecule has 2 amide bonds. The van der Waals surface area contributed by atoms with Crippen molar-refractivity contribution in [2.75, 3.05) is 33.4 Å². The van der Waals surface area contributed by atoms with Crippen LogP contribution in [0.3, 0.4) is 0 Å². The van der Waals surface area contributed by atoms with Gasteiger partial charge in [-0.25, -0.2) is 18.6 Å². The lowest BCUT2D eigenvalue weighted by Gasteiger charge is -2.34. The monoisotopic (exact) mass is 778 g/mol. The fraction of sp³-hybridized carbons (Fsp3) is 0.359. The number of amides is 2. The van der Waals surface area contributed by atoms with Crippen molar-refractivity contribution in [2.24, 2.45) is 0 Å². The summed E-state index contributed by atoms with van der Waals surface area (Å²) in [6.45, 7) is 10.2. The summed E-state index contributed by atoms with van der Waals surface area (Å²) >= 11 is 1.27. The van der Waals surface area contributed by atoms with Crippen molar-refractivity contribution in [1.82, 2.24) is 29.5 Å². The van der Waals surface area contributed by atoms with Crippen molar-refractivity contribution in [3.63, 3.8) is 0 Å². The number of hydrogen-bond donors (Lipinski definition) is 0. The maximum atomic E-state index is 16.2. The third kappa shape index (κ3) is 7.15. The molecule has 0 saturated carbocycles. The summed E-state index contributed by atoms with van der Waals surface area (Å²) in [5, 5.41) is 7.18. The van der Waals surface area contributed by atoms with Crippen LogP contribution in [0.4, 0.5) is 22.4 Å². The van der Waals surface area contributed by atoms with Crippen molar-refractivity contribution in [1.29, 1.82) is 0 Å². The highest BCUT2D eigenvalue weighted by molar-refractivity contribution is 7.18. The molecule has 2 aliphatic rings. The lowest BCUT2D eigenvalue weighted by molar-refractivity contribution is -0.129. The molecule has 0 fully saturated rings. The second kappa shape index (κ2) is 14.4. The van der Waals surface area contributed by atoms with Crippen LogP contribution in [0.5, 0.6) is 5.75 Å². The van der Waals surface area contributed by atoms with Gasteiger partial charge < -0.3 is 19.1 Å². The molecule has 6 heterocycles. The zero-order valence-corrected chi connectivity index (χ0v) is 31.6. The molecule has 0 spiro atoms. The third-order valence-corrected chi connectivity index (χ3v) is 10.3. The minimum Gasteiger partial charge on any atom is -0.490 e. The summed E-state index contributed by atoms with van der Waals surface area (Å²) < 4.78 is 80.7. The van der Waals surface area contributed by atoms with E-state index in [1.165, 1.54) is 36.8 Å². The average Bonchev–Trinajstić information content (AvgIpc) is 3.79. The summed E-state index contributed by atoms with van der Waals surface area (Å²) in [6, 6.07) is 6.51. The van der Waals surface area contributed by atoms with Crippen molar-refractivity contribution in [2.45, 2.75) is 58.3 Å². The smallest absolute Gasteiger partial charge is 0.410 e. The number of methoxy groups -OCH3 is 1. The molecule has 11 nitrogen and oxygen atoms in total. The molecule has 0 bridgehead atoms. The molecule has 7 rings (SSSR count). The summed E-state index contributed by atoms with van der Waals surface area (Å²) in [7, 11) is 1.48. The van der Waals surface area contributed by atoms with E-state index >= 15 is 13.2 Å². The SMILES string of the molecule is C=CC(=O)N1CCn2nc(-c3nc(-c4cnc5c(c4)CN(C(=O)OC(C)(C)C)CC5(F)F)c4ccsc4c3-c3c(F)cc(F)cc3OCCOC)cc2C1C. The minimum absolute atomic E-state index is 0.00395. The number of alkyl halides is 2. The van der Waals surface area contributed by atoms with Gasteiger partial charge in [-0.3, -0.25) is 19.4 Å². The number of ether oxygens (including phenoxy) is 3. The van der Waals surface area contributed by atoms with Gasteiger partial charge in [0.25, 0.3) is 0 Å². The Morgan fingerprint density at radius 3 is 2.60 bits per heavy atom. The molecule has 16 heteroatoms. The summed E-state index contributed by atoms with van der Waals surface area (Å²) in [5.41, 5.74) is 0.842. The van der Waals surface area contributed by atoms with E-state index in [-0.39, 0.29) is 53.8 Å². The van der Waals surface area contributed by atoms with Crippen LogP contribution in [0.25, 0.3) is 43.9 Å². The van der Waals surface area contributed by atoms with Gasteiger partial charge in [0.05, 0.1) is 49.2 Å². The molecule has 1 aromatic carbocycles. The molecule has 288 valence electrons. The summed E-state index contributed by atoms with van der Waals surface area (Å²) in [5.74, 6) is -5.55. The van der Waals surface area contributed by atoms with Crippen LogP contribution in [-0.2, 0) is 33.3 Å². The first kappa shape index (κ1) is 37.9. The third-order valence-electron chi connectivity index (χ3n) is 9.37. The maximum Gasteiger partial charge on any atom is 0.410 e. The molecule has 1 atom stereocenters. The van der Waals surface area contributed by atoms with Crippen molar-refractivity contribution < 1.29 is 41.4 Å². The Balaban J connectivity index is 1.44. The predicted molar refractivity (Wildman–Crippen MR) is 198 cm³/mol. The highest BCUT2D eigenvalue weighted by Crippen LogP contribution is 2.48. The van der Waals surface area contributed by atoms with Crippen LogP contribution in [0.15, 0.2) is 54.6 Å². The van der Waals surface area contributed by atoms with Gasteiger partial charge in [0.1, 0.15) is 46.7 Å². The number of hydrogen-bond acceptors (Lipinski definition) is 9. The molecule has 0 aliphatic carbocycles. The number of fused-ring (bicyclic) bond motifs is 3. The Kier molecular flexibility index (Phi) is 9.92. The van der Waals surface area contributed by atoms with Crippen molar-refractivity contribution in [3.8, 4) is 39.5 Å². The number of nitrogens with zero attached hydrogens (tertiary/aromatic N) is 6. The fourth-order valence-electron chi connectivity index (χ4n) is 6.96. The van der Waals surface area contributed by atoms with Crippen LogP contribution < -0.4 is 4.74 Å². The molecule has 4 aromatic heterocycles. The van der Waals surface area contributed by atoms with Gasteiger partial charge in [0.2, 0.25) is 5.91 Å². The highest BCUT2D eigenvalue weighted by atomic mass is 32.1. The molecule has 0 radical (unpaired) electrons. The first-order valence-corrected chi connectivity index (χ1v) is 18.4. The van der Waals surface area contributed by atoms with E-state index in [0.717, 1.165) is 17.0 Å². The van der Waals surface area contributed by atoms with E-state index in [4.69, 9.17) is 24.3 Å². The zero-order valence-electron chi connectivity index (χ0n) is 30.8. The average molecular weight is 779 g/mol. The standard InChI is InChI=1S/C39H38F4N6O5S/c1-7-30(50)48-9-10-49-28(21(48)2)17-27(46-49)34-32(31-26(41)15-24(40)16-29(31)53-12-11-52-6)35-25(8-13-55-35)33(45-34)22-14-23-19-47(37(51)54-38(3,4)5)20-39(42,43)36(23)44-18-22/h7-8,13-18,21H,1,9-12,19-20H2,2-6H3. The number of carbonyl (C=O) groups excluding carboxylic acids is 2. The molecule has 0 saturated heterocycles.